The van der Waals surface area contributed by atoms with Gasteiger partial charge in [-0.1, -0.05) is 0 Å². The molecule has 0 spiro atoms. The molecule has 1 aromatic heterocycles. The lowest BCUT2D eigenvalue weighted by atomic mass is 10.1. The second kappa shape index (κ2) is 4.79. The second-order valence-corrected chi connectivity index (χ2v) is 4.10. The molecule has 0 aromatic carbocycles. The summed E-state index contributed by atoms with van der Waals surface area (Å²) in [5, 5.41) is 3.50. The Morgan fingerprint density at radius 2 is 2.07 bits per heavy atom. The Balaban J connectivity index is 2.41. The van der Waals surface area contributed by atoms with Crippen LogP contribution in [0.4, 0.5) is 13.2 Å². The molecule has 0 radical (unpaired) electrons. The van der Waals surface area contributed by atoms with Crippen molar-refractivity contribution in [3.63, 3.8) is 0 Å². The van der Waals surface area contributed by atoms with Gasteiger partial charge in [0.1, 0.15) is 0 Å². The molecule has 15 heavy (non-hydrogen) atoms. The van der Waals surface area contributed by atoms with Gasteiger partial charge in [-0.15, -0.1) is 0 Å². The predicted octanol–water partition coefficient (Wildman–Crippen LogP) is 3.97. The van der Waals surface area contributed by atoms with Crippen LogP contribution >= 0.6 is 11.3 Å². The zero-order valence-electron chi connectivity index (χ0n) is 8.23. The minimum atomic E-state index is -4.16. The number of hydrogen-bond acceptors (Lipinski definition) is 2. The van der Waals surface area contributed by atoms with Crippen molar-refractivity contribution in [2.24, 2.45) is 0 Å². The average molecular weight is 236 g/mol. The van der Waals surface area contributed by atoms with Crippen LogP contribution in [0.5, 0.6) is 0 Å². The second-order valence-electron chi connectivity index (χ2n) is 3.36. The molecule has 1 heterocycles. The van der Waals surface area contributed by atoms with E-state index in [1.807, 2.05) is 5.38 Å². The number of ketones is 1. The van der Waals surface area contributed by atoms with E-state index in [2.05, 4.69) is 0 Å². The molecule has 0 aliphatic heterocycles. The van der Waals surface area contributed by atoms with Crippen molar-refractivity contribution in [1.29, 1.82) is 0 Å². The average Bonchev–Trinajstić information content (AvgIpc) is 2.48. The molecule has 0 aliphatic rings. The molecule has 0 aliphatic carbocycles. The number of alkyl halides is 3. The molecule has 0 fully saturated rings. The Labute approximate surface area is 89.9 Å². The fourth-order valence-electron chi connectivity index (χ4n) is 1.23. The van der Waals surface area contributed by atoms with Crippen LogP contribution in [0.3, 0.4) is 0 Å². The summed E-state index contributed by atoms with van der Waals surface area (Å²) in [6, 6.07) is 0. The number of carbonyl (C=O) groups excluding carboxylic acids is 1. The highest BCUT2D eigenvalue weighted by Gasteiger charge is 2.26. The fraction of sp³-hybridized carbons (Fsp3) is 0.500. The molecule has 0 bridgehead atoms. The molecular formula is C10H11F3OS. The van der Waals surface area contributed by atoms with Crippen LogP contribution in [0.15, 0.2) is 10.8 Å². The van der Waals surface area contributed by atoms with E-state index in [9.17, 15) is 18.0 Å². The Bertz CT molecular complexity index is 341. The summed E-state index contributed by atoms with van der Waals surface area (Å²) >= 11 is 1.39. The van der Waals surface area contributed by atoms with Gasteiger partial charge in [-0.2, -0.15) is 24.5 Å². The minimum Gasteiger partial charge on any atom is -0.294 e. The number of hydrogen-bond donors (Lipinski definition) is 0. The van der Waals surface area contributed by atoms with Gasteiger partial charge in [0.25, 0.3) is 0 Å². The van der Waals surface area contributed by atoms with E-state index >= 15 is 0 Å². The van der Waals surface area contributed by atoms with Crippen LogP contribution in [0.1, 0.15) is 35.2 Å². The molecule has 0 unspecified atom stereocenters. The van der Waals surface area contributed by atoms with Crippen LogP contribution < -0.4 is 0 Å². The van der Waals surface area contributed by atoms with Crippen molar-refractivity contribution in [3.8, 4) is 0 Å². The standard InChI is InChI=1S/C10H11F3OS/c1-7-5-15-6-8(7)9(14)3-2-4-10(11,12)13/h5-6H,2-4H2,1H3. The van der Waals surface area contributed by atoms with Gasteiger partial charge in [0.2, 0.25) is 0 Å². The molecular weight excluding hydrogens is 225 g/mol. The maximum atomic E-state index is 11.8. The number of aryl methyl sites for hydroxylation is 1. The highest BCUT2D eigenvalue weighted by atomic mass is 32.1. The Kier molecular flexibility index (Phi) is 3.90. The van der Waals surface area contributed by atoms with Crippen LogP contribution in [0, 0.1) is 6.92 Å². The molecule has 1 nitrogen and oxygen atoms in total. The molecule has 0 amide bonds. The normalized spacial score (nSPS) is 11.7. The fourth-order valence-corrected chi connectivity index (χ4v) is 2.08. The number of carbonyl (C=O) groups is 1. The van der Waals surface area contributed by atoms with Gasteiger partial charge in [-0.3, -0.25) is 4.79 Å². The molecule has 5 heteroatoms. The van der Waals surface area contributed by atoms with Crippen molar-refractivity contribution < 1.29 is 18.0 Å². The topological polar surface area (TPSA) is 17.1 Å². The first kappa shape index (κ1) is 12.2. The van der Waals surface area contributed by atoms with Crippen molar-refractivity contribution in [2.75, 3.05) is 0 Å². The van der Waals surface area contributed by atoms with Gasteiger partial charge in [0.05, 0.1) is 0 Å². The predicted molar refractivity (Wildman–Crippen MR) is 53.3 cm³/mol. The first-order chi connectivity index (χ1) is 6.90. The van der Waals surface area contributed by atoms with Gasteiger partial charge in [0.15, 0.2) is 5.78 Å². The SMILES string of the molecule is Cc1cscc1C(=O)CCCC(F)(F)F. The summed E-state index contributed by atoms with van der Waals surface area (Å²) in [5.74, 6) is -0.196. The summed E-state index contributed by atoms with van der Waals surface area (Å²) in [5.41, 5.74) is 1.40. The molecule has 0 saturated heterocycles. The number of halogens is 3. The summed E-state index contributed by atoms with van der Waals surface area (Å²) in [7, 11) is 0. The number of thiophene rings is 1. The Hall–Kier alpha value is -0.840. The summed E-state index contributed by atoms with van der Waals surface area (Å²) in [4.78, 5) is 11.5. The van der Waals surface area contributed by atoms with Crippen molar-refractivity contribution in [3.05, 3.63) is 21.9 Å². The van der Waals surface area contributed by atoms with Crippen molar-refractivity contribution >= 4 is 17.1 Å². The lowest BCUT2D eigenvalue weighted by molar-refractivity contribution is -0.135. The molecule has 84 valence electrons. The third-order valence-corrected chi connectivity index (χ3v) is 2.88. The monoisotopic (exact) mass is 236 g/mol. The summed E-state index contributed by atoms with van der Waals surface area (Å²) in [6.07, 6.45) is -5.21. The van der Waals surface area contributed by atoms with Gasteiger partial charge >= 0.3 is 6.18 Å². The maximum absolute atomic E-state index is 11.8. The number of Topliss-reactive ketones (excluding diaryl/α,β-unsaturated/α-hetero) is 1. The van der Waals surface area contributed by atoms with E-state index in [0.717, 1.165) is 5.56 Å². The van der Waals surface area contributed by atoms with Crippen molar-refractivity contribution in [1.82, 2.24) is 0 Å². The van der Waals surface area contributed by atoms with E-state index in [-0.39, 0.29) is 18.6 Å². The lowest BCUT2D eigenvalue weighted by Crippen LogP contribution is -2.08. The van der Waals surface area contributed by atoms with Crippen LogP contribution in [0.25, 0.3) is 0 Å². The Morgan fingerprint density at radius 3 is 2.53 bits per heavy atom. The van der Waals surface area contributed by atoms with E-state index in [1.54, 1.807) is 12.3 Å². The highest BCUT2D eigenvalue weighted by molar-refractivity contribution is 7.08. The largest absolute Gasteiger partial charge is 0.389 e. The molecule has 0 N–H and O–H groups in total. The maximum Gasteiger partial charge on any atom is 0.389 e. The first-order valence-corrected chi connectivity index (χ1v) is 5.47. The smallest absolute Gasteiger partial charge is 0.294 e. The van der Waals surface area contributed by atoms with Gasteiger partial charge in [-0.05, 0) is 24.3 Å². The van der Waals surface area contributed by atoms with Gasteiger partial charge < -0.3 is 0 Å². The van der Waals surface area contributed by atoms with Crippen LogP contribution in [0.2, 0.25) is 0 Å². The van der Waals surface area contributed by atoms with E-state index in [0.29, 0.717) is 5.56 Å². The Morgan fingerprint density at radius 1 is 1.40 bits per heavy atom. The van der Waals surface area contributed by atoms with Crippen molar-refractivity contribution in [2.45, 2.75) is 32.4 Å². The third kappa shape index (κ3) is 4.03. The molecule has 1 aromatic rings. The summed E-state index contributed by atoms with van der Waals surface area (Å²) < 4.78 is 35.5. The molecule has 0 atom stereocenters. The first-order valence-electron chi connectivity index (χ1n) is 4.53. The van der Waals surface area contributed by atoms with Gasteiger partial charge in [-0.25, -0.2) is 0 Å². The minimum absolute atomic E-state index is 0.0307. The van der Waals surface area contributed by atoms with Crippen LogP contribution in [-0.4, -0.2) is 12.0 Å². The third-order valence-electron chi connectivity index (χ3n) is 2.02. The van der Waals surface area contributed by atoms with E-state index < -0.39 is 12.6 Å². The highest BCUT2D eigenvalue weighted by Crippen LogP contribution is 2.23. The van der Waals surface area contributed by atoms with Crippen LogP contribution in [-0.2, 0) is 0 Å². The zero-order chi connectivity index (χ0) is 11.5. The van der Waals surface area contributed by atoms with Gasteiger partial charge in [0, 0.05) is 23.8 Å². The number of rotatable bonds is 4. The lowest BCUT2D eigenvalue weighted by Gasteiger charge is -2.04. The molecule has 1 rings (SSSR count). The van der Waals surface area contributed by atoms with E-state index in [4.69, 9.17) is 0 Å². The zero-order valence-corrected chi connectivity index (χ0v) is 9.04. The quantitative estimate of drug-likeness (QED) is 0.723. The molecule has 0 saturated carbocycles. The summed E-state index contributed by atoms with van der Waals surface area (Å²) in [6.45, 7) is 1.79. The van der Waals surface area contributed by atoms with E-state index in [1.165, 1.54) is 11.3 Å².